The molecule has 20 heavy (non-hydrogen) atoms. The average Bonchev–Trinajstić information content (AvgIpc) is 2.36. The van der Waals surface area contributed by atoms with Crippen LogP contribution in [0, 0.1) is 5.41 Å². The summed E-state index contributed by atoms with van der Waals surface area (Å²) in [6.45, 7) is 6.35. The van der Waals surface area contributed by atoms with Crippen LogP contribution in [0.2, 0.25) is 0 Å². The van der Waals surface area contributed by atoms with Gasteiger partial charge in [-0.15, -0.1) is 0 Å². The molecular weight excluding hydrogens is 252 g/mol. The van der Waals surface area contributed by atoms with Gasteiger partial charge in [0.1, 0.15) is 0 Å². The molecule has 4 nitrogen and oxygen atoms in total. The first-order valence-electron chi connectivity index (χ1n) is 7.05. The van der Waals surface area contributed by atoms with Gasteiger partial charge in [-0.05, 0) is 24.3 Å². The van der Waals surface area contributed by atoms with Crippen LogP contribution in [0.3, 0.4) is 0 Å². The van der Waals surface area contributed by atoms with Crippen molar-refractivity contribution in [3.05, 3.63) is 35.9 Å². The number of rotatable bonds is 7. The minimum atomic E-state index is -0.367. The Morgan fingerprint density at radius 2 is 1.95 bits per heavy atom. The maximum atomic E-state index is 11.9. The Balaban J connectivity index is 2.41. The van der Waals surface area contributed by atoms with Gasteiger partial charge in [-0.2, -0.15) is 0 Å². The van der Waals surface area contributed by atoms with Gasteiger partial charge in [0, 0.05) is 19.0 Å². The Morgan fingerprint density at radius 3 is 2.50 bits per heavy atom. The molecule has 1 amide bonds. The molecule has 4 heteroatoms. The number of hydrogen-bond acceptors (Lipinski definition) is 3. The second-order valence-electron chi connectivity index (χ2n) is 6.22. The van der Waals surface area contributed by atoms with Gasteiger partial charge in [0.2, 0.25) is 5.91 Å². The summed E-state index contributed by atoms with van der Waals surface area (Å²) in [5, 5.41) is 12.3. The number of hydrogen-bond donors (Lipinski definition) is 3. The Bertz CT molecular complexity index is 416. The van der Waals surface area contributed by atoms with E-state index < -0.39 is 0 Å². The molecule has 0 aliphatic rings. The molecule has 0 saturated heterocycles. The quantitative estimate of drug-likeness (QED) is 0.714. The van der Waals surface area contributed by atoms with Crippen LogP contribution in [-0.4, -0.2) is 23.7 Å². The van der Waals surface area contributed by atoms with Gasteiger partial charge in [-0.3, -0.25) is 4.79 Å². The van der Waals surface area contributed by atoms with E-state index in [0.717, 1.165) is 5.56 Å². The van der Waals surface area contributed by atoms with Gasteiger partial charge in [0.25, 0.3) is 0 Å². The first-order valence-corrected chi connectivity index (χ1v) is 7.05. The van der Waals surface area contributed by atoms with E-state index in [0.29, 0.717) is 13.0 Å². The van der Waals surface area contributed by atoms with E-state index in [1.807, 2.05) is 44.2 Å². The molecule has 0 radical (unpaired) electrons. The van der Waals surface area contributed by atoms with Crippen molar-refractivity contribution in [2.24, 2.45) is 11.1 Å². The molecule has 0 aliphatic heterocycles. The van der Waals surface area contributed by atoms with Crippen molar-refractivity contribution in [1.29, 1.82) is 0 Å². The lowest BCUT2D eigenvalue weighted by molar-refractivity contribution is -0.122. The third-order valence-electron chi connectivity index (χ3n) is 3.25. The molecule has 0 aromatic heterocycles. The minimum absolute atomic E-state index is 0.0555. The van der Waals surface area contributed by atoms with Crippen molar-refractivity contribution in [3.63, 3.8) is 0 Å². The second-order valence-corrected chi connectivity index (χ2v) is 6.22. The number of benzene rings is 1. The van der Waals surface area contributed by atoms with E-state index in [9.17, 15) is 9.90 Å². The van der Waals surface area contributed by atoms with Gasteiger partial charge in [0.05, 0.1) is 6.10 Å². The lowest BCUT2D eigenvalue weighted by atomic mass is 9.87. The Hall–Kier alpha value is -1.39. The van der Waals surface area contributed by atoms with Gasteiger partial charge >= 0.3 is 0 Å². The maximum absolute atomic E-state index is 11.9. The number of carbonyl (C=O) groups is 1. The van der Waals surface area contributed by atoms with Gasteiger partial charge in [-0.25, -0.2) is 0 Å². The Morgan fingerprint density at radius 1 is 1.35 bits per heavy atom. The van der Waals surface area contributed by atoms with Gasteiger partial charge < -0.3 is 16.2 Å². The van der Waals surface area contributed by atoms with Crippen LogP contribution >= 0.6 is 0 Å². The normalized spacial score (nSPS) is 14.7. The summed E-state index contributed by atoms with van der Waals surface area (Å²) in [5.74, 6) is -0.0555. The number of aliphatic hydroxyl groups excluding tert-OH is 1. The second kappa shape index (κ2) is 7.41. The molecule has 4 N–H and O–H groups in total. The predicted octanol–water partition coefficient (Wildman–Crippen LogP) is 1.99. The summed E-state index contributed by atoms with van der Waals surface area (Å²) in [7, 11) is 0. The Kier molecular flexibility index (Phi) is 6.17. The lowest BCUT2D eigenvalue weighted by Gasteiger charge is -2.26. The third-order valence-corrected chi connectivity index (χ3v) is 3.25. The van der Waals surface area contributed by atoms with Crippen LogP contribution < -0.4 is 11.1 Å². The van der Waals surface area contributed by atoms with Crippen LogP contribution in [0.15, 0.2) is 30.3 Å². The average molecular weight is 278 g/mol. The molecule has 112 valence electrons. The summed E-state index contributed by atoms with van der Waals surface area (Å²) >= 11 is 0. The summed E-state index contributed by atoms with van der Waals surface area (Å²) in [4.78, 5) is 11.9. The molecule has 1 rings (SSSR count). The van der Waals surface area contributed by atoms with Crippen LogP contribution in [-0.2, 0) is 4.79 Å². The fourth-order valence-corrected chi connectivity index (χ4v) is 2.30. The molecule has 0 bridgehead atoms. The molecule has 2 atom stereocenters. The van der Waals surface area contributed by atoms with Crippen molar-refractivity contribution in [3.8, 4) is 0 Å². The zero-order chi connectivity index (χ0) is 15.2. The topological polar surface area (TPSA) is 75.3 Å². The lowest BCUT2D eigenvalue weighted by Crippen LogP contribution is -2.36. The highest BCUT2D eigenvalue weighted by Crippen LogP contribution is 2.21. The minimum Gasteiger partial charge on any atom is -0.393 e. The van der Waals surface area contributed by atoms with Crippen LogP contribution in [0.1, 0.15) is 45.2 Å². The SMILES string of the molecule is CC(O)CC(C)(C)CNC(=O)CC(N)c1ccccc1. The van der Waals surface area contributed by atoms with Crippen molar-refractivity contribution in [2.45, 2.75) is 45.8 Å². The number of nitrogens with one attached hydrogen (secondary N) is 1. The van der Waals surface area contributed by atoms with Gasteiger partial charge in [0.15, 0.2) is 0 Å². The highest BCUT2D eigenvalue weighted by molar-refractivity contribution is 5.76. The summed E-state index contributed by atoms with van der Waals surface area (Å²) in [5.41, 5.74) is 6.85. The van der Waals surface area contributed by atoms with Crippen LogP contribution in [0.5, 0.6) is 0 Å². The molecule has 1 aromatic carbocycles. The molecular formula is C16H26N2O2. The summed E-state index contributed by atoms with van der Waals surface area (Å²) < 4.78 is 0. The van der Waals surface area contributed by atoms with Crippen LogP contribution in [0.25, 0.3) is 0 Å². The molecule has 0 heterocycles. The third kappa shape index (κ3) is 6.17. The van der Waals surface area contributed by atoms with E-state index in [4.69, 9.17) is 5.73 Å². The summed E-state index contributed by atoms with van der Waals surface area (Å²) in [6, 6.07) is 9.33. The van der Waals surface area contributed by atoms with E-state index in [1.54, 1.807) is 6.92 Å². The van der Waals surface area contributed by atoms with Crippen molar-refractivity contribution in [1.82, 2.24) is 5.32 Å². The van der Waals surface area contributed by atoms with Crippen molar-refractivity contribution in [2.75, 3.05) is 6.54 Å². The number of amides is 1. The van der Waals surface area contributed by atoms with E-state index >= 15 is 0 Å². The fraction of sp³-hybridized carbons (Fsp3) is 0.562. The van der Waals surface area contributed by atoms with Crippen molar-refractivity contribution >= 4 is 5.91 Å². The number of carbonyl (C=O) groups excluding carboxylic acids is 1. The highest BCUT2D eigenvalue weighted by Gasteiger charge is 2.21. The van der Waals surface area contributed by atoms with E-state index in [2.05, 4.69) is 5.32 Å². The molecule has 0 aliphatic carbocycles. The zero-order valence-electron chi connectivity index (χ0n) is 12.6. The van der Waals surface area contributed by atoms with E-state index in [1.165, 1.54) is 0 Å². The standard InChI is InChI=1S/C16H26N2O2/c1-12(19)10-16(2,3)11-18-15(20)9-14(17)13-7-5-4-6-8-13/h4-8,12,14,19H,9-11,17H2,1-3H3,(H,18,20). The molecule has 0 fully saturated rings. The smallest absolute Gasteiger partial charge is 0.221 e. The molecule has 1 aromatic rings. The molecule has 2 unspecified atom stereocenters. The number of aliphatic hydroxyl groups is 1. The highest BCUT2D eigenvalue weighted by atomic mass is 16.3. The first kappa shape index (κ1) is 16.7. The summed E-state index contributed by atoms with van der Waals surface area (Å²) in [6.07, 6.45) is 0.556. The molecule has 0 saturated carbocycles. The number of nitrogens with two attached hydrogens (primary N) is 1. The predicted molar refractivity (Wildman–Crippen MR) is 81.1 cm³/mol. The monoisotopic (exact) mass is 278 g/mol. The van der Waals surface area contributed by atoms with Crippen LogP contribution in [0.4, 0.5) is 0 Å². The van der Waals surface area contributed by atoms with Gasteiger partial charge in [-0.1, -0.05) is 44.2 Å². The van der Waals surface area contributed by atoms with E-state index in [-0.39, 0.29) is 29.9 Å². The Labute approximate surface area is 121 Å². The fourth-order valence-electron chi connectivity index (χ4n) is 2.30. The molecule has 0 spiro atoms. The maximum Gasteiger partial charge on any atom is 0.221 e. The first-order chi connectivity index (χ1) is 9.30. The van der Waals surface area contributed by atoms with Crippen molar-refractivity contribution < 1.29 is 9.90 Å². The zero-order valence-corrected chi connectivity index (χ0v) is 12.6. The largest absolute Gasteiger partial charge is 0.393 e.